The van der Waals surface area contributed by atoms with Gasteiger partial charge in [0.1, 0.15) is 11.5 Å². The second-order valence-electron chi connectivity index (χ2n) is 13.4. The van der Waals surface area contributed by atoms with Gasteiger partial charge < -0.3 is 19.7 Å². The lowest BCUT2D eigenvalue weighted by molar-refractivity contribution is 0.205. The molecule has 44 heavy (non-hydrogen) atoms. The van der Waals surface area contributed by atoms with Crippen LogP contribution in [0.3, 0.4) is 0 Å². The Balaban J connectivity index is 1.68. The first-order chi connectivity index (χ1) is 20.9. The van der Waals surface area contributed by atoms with Crippen molar-refractivity contribution in [2.75, 3.05) is 25.1 Å². The number of carbonyl (C=O) groups is 1. The standard InChI is InChI=1S/C39H56N2O3/c1-10-38(6,7)32-19-24-36(35(27-32)39(8,9)11-2)44-26-14-13-25-41(28-30-15-22-34(23-16-30)43-12-3)37(42)40-33-20-17-31(18-21-33)29(4)5/h15-24,27,29H,10-14,25-26,28H2,1-9H3,(H,40,42). The number of benzene rings is 3. The van der Waals surface area contributed by atoms with E-state index in [1.807, 2.05) is 48.2 Å². The highest BCUT2D eigenvalue weighted by Gasteiger charge is 2.26. The second kappa shape index (κ2) is 16.0. The van der Waals surface area contributed by atoms with Crippen molar-refractivity contribution < 1.29 is 14.3 Å². The number of nitrogens with one attached hydrogen (secondary N) is 1. The van der Waals surface area contributed by atoms with Gasteiger partial charge in [0.2, 0.25) is 0 Å². The molecule has 0 aliphatic heterocycles. The van der Waals surface area contributed by atoms with Crippen LogP contribution in [-0.2, 0) is 17.4 Å². The molecule has 0 saturated carbocycles. The van der Waals surface area contributed by atoms with E-state index in [-0.39, 0.29) is 16.9 Å². The predicted molar refractivity (Wildman–Crippen MR) is 185 cm³/mol. The van der Waals surface area contributed by atoms with Crippen LogP contribution in [0, 0.1) is 0 Å². The molecule has 5 heteroatoms. The van der Waals surface area contributed by atoms with Crippen LogP contribution >= 0.6 is 0 Å². The smallest absolute Gasteiger partial charge is 0.322 e. The summed E-state index contributed by atoms with van der Waals surface area (Å²) in [6.07, 6.45) is 3.81. The van der Waals surface area contributed by atoms with Crippen LogP contribution in [0.2, 0.25) is 0 Å². The Morgan fingerprint density at radius 3 is 2.07 bits per heavy atom. The van der Waals surface area contributed by atoms with Crippen molar-refractivity contribution in [3.63, 3.8) is 0 Å². The normalized spacial score (nSPS) is 11.9. The Morgan fingerprint density at radius 1 is 0.818 bits per heavy atom. The molecule has 0 aromatic heterocycles. The van der Waals surface area contributed by atoms with E-state index in [2.05, 4.69) is 91.0 Å². The summed E-state index contributed by atoms with van der Waals surface area (Å²) < 4.78 is 12.0. The molecule has 5 nitrogen and oxygen atoms in total. The van der Waals surface area contributed by atoms with Crippen molar-refractivity contribution in [1.82, 2.24) is 4.90 Å². The first-order valence-electron chi connectivity index (χ1n) is 16.6. The van der Waals surface area contributed by atoms with Crippen LogP contribution in [0.15, 0.2) is 66.7 Å². The van der Waals surface area contributed by atoms with Crippen molar-refractivity contribution in [3.8, 4) is 11.5 Å². The van der Waals surface area contributed by atoms with Crippen LogP contribution in [0.5, 0.6) is 11.5 Å². The van der Waals surface area contributed by atoms with Crippen LogP contribution < -0.4 is 14.8 Å². The lowest BCUT2D eigenvalue weighted by atomic mass is 9.76. The molecule has 0 saturated heterocycles. The number of nitrogens with zero attached hydrogens (tertiary/aromatic N) is 1. The van der Waals surface area contributed by atoms with Gasteiger partial charge in [0.25, 0.3) is 0 Å². The third-order valence-corrected chi connectivity index (χ3v) is 9.06. The number of unbranched alkanes of at least 4 members (excludes halogenated alkanes) is 1. The van der Waals surface area contributed by atoms with Crippen molar-refractivity contribution in [1.29, 1.82) is 0 Å². The summed E-state index contributed by atoms with van der Waals surface area (Å²) in [7, 11) is 0. The van der Waals surface area contributed by atoms with Crippen molar-refractivity contribution >= 4 is 11.7 Å². The number of hydrogen-bond donors (Lipinski definition) is 1. The van der Waals surface area contributed by atoms with Gasteiger partial charge >= 0.3 is 6.03 Å². The minimum Gasteiger partial charge on any atom is -0.494 e. The van der Waals surface area contributed by atoms with Gasteiger partial charge in [0.15, 0.2) is 0 Å². The Bertz CT molecular complexity index is 1310. The van der Waals surface area contributed by atoms with Crippen molar-refractivity contribution in [2.45, 2.75) is 111 Å². The number of anilines is 1. The fraction of sp³-hybridized carbons (Fsp3) is 0.513. The number of carbonyl (C=O) groups excluding carboxylic acids is 1. The zero-order valence-corrected chi connectivity index (χ0v) is 28.8. The van der Waals surface area contributed by atoms with E-state index in [1.165, 1.54) is 16.7 Å². The topological polar surface area (TPSA) is 50.8 Å². The SMILES string of the molecule is CCOc1ccc(CN(CCCCOc2ccc(C(C)(C)CC)cc2C(C)(C)CC)C(=O)Nc2ccc(C(C)C)cc2)cc1. The third kappa shape index (κ3) is 9.77. The summed E-state index contributed by atoms with van der Waals surface area (Å²) in [5.41, 5.74) is 5.91. The van der Waals surface area contributed by atoms with Crippen LogP contribution in [-0.4, -0.2) is 30.7 Å². The number of amides is 2. The molecule has 3 aromatic carbocycles. The zero-order valence-electron chi connectivity index (χ0n) is 28.8. The molecule has 0 fully saturated rings. The Morgan fingerprint density at radius 2 is 1.48 bits per heavy atom. The van der Waals surface area contributed by atoms with E-state index in [4.69, 9.17) is 9.47 Å². The van der Waals surface area contributed by atoms with Gasteiger partial charge in [-0.15, -0.1) is 0 Å². The Hall–Kier alpha value is -3.47. The van der Waals surface area contributed by atoms with E-state index < -0.39 is 0 Å². The summed E-state index contributed by atoms with van der Waals surface area (Å²) in [5, 5.41) is 3.11. The zero-order chi connectivity index (χ0) is 32.3. The molecule has 2 amide bonds. The molecule has 0 bridgehead atoms. The number of rotatable bonds is 16. The molecule has 1 N–H and O–H groups in total. The van der Waals surface area contributed by atoms with Gasteiger partial charge in [-0.2, -0.15) is 0 Å². The van der Waals surface area contributed by atoms with E-state index in [1.54, 1.807) is 0 Å². The average Bonchev–Trinajstić information content (AvgIpc) is 3.01. The predicted octanol–water partition coefficient (Wildman–Crippen LogP) is 10.5. The third-order valence-electron chi connectivity index (χ3n) is 9.06. The summed E-state index contributed by atoms with van der Waals surface area (Å²) in [4.78, 5) is 15.4. The van der Waals surface area contributed by atoms with Gasteiger partial charge in [0, 0.05) is 24.3 Å². The molecule has 0 atom stereocenters. The summed E-state index contributed by atoms with van der Waals surface area (Å²) in [6.45, 7) is 22.4. The molecular weight excluding hydrogens is 544 g/mol. The Kier molecular flexibility index (Phi) is 12.7. The lowest BCUT2D eigenvalue weighted by Gasteiger charge is -2.30. The number of urea groups is 1. The van der Waals surface area contributed by atoms with E-state index in [0.717, 1.165) is 48.4 Å². The number of hydrogen-bond acceptors (Lipinski definition) is 3. The first kappa shape index (κ1) is 35.0. The molecule has 0 unspecified atom stereocenters. The molecular formula is C39H56N2O3. The molecule has 0 aliphatic rings. The van der Waals surface area contributed by atoms with Crippen molar-refractivity contribution in [3.05, 3.63) is 89.0 Å². The van der Waals surface area contributed by atoms with Gasteiger partial charge in [-0.3, -0.25) is 0 Å². The van der Waals surface area contributed by atoms with Gasteiger partial charge in [-0.1, -0.05) is 91.8 Å². The first-order valence-corrected chi connectivity index (χ1v) is 16.6. The largest absolute Gasteiger partial charge is 0.494 e. The van der Waals surface area contributed by atoms with Crippen molar-refractivity contribution in [2.24, 2.45) is 0 Å². The maximum atomic E-state index is 13.5. The molecule has 0 aliphatic carbocycles. The highest BCUT2D eigenvalue weighted by atomic mass is 16.5. The van der Waals surface area contributed by atoms with Gasteiger partial charge in [0.05, 0.1) is 13.2 Å². The van der Waals surface area contributed by atoms with Crippen LogP contribution in [0.4, 0.5) is 10.5 Å². The van der Waals surface area contributed by atoms with E-state index in [0.29, 0.717) is 32.2 Å². The minimum absolute atomic E-state index is 0.0230. The fourth-order valence-electron chi connectivity index (χ4n) is 5.07. The quantitative estimate of drug-likeness (QED) is 0.166. The molecule has 0 heterocycles. The summed E-state index contributed by atoms with van der Waals surface area (Å²) >= 11 is 0. The highest BCUT2D eigenvalue weighted by Crippen LogP contribution is 2.38. The maximum absolute atomic E-state index is 13.5. The van der Waals surface area contributed by atoms with E-state index >= 15 is 0 Å². The Labute approximate surface area is 267 Å². The molecule has 0 radical (unpaired) electrons. The lowest BCUT2D eigenvalue weighted by Crippen LogP contribution is -2.35. The maximum Gasteiger partial charge on any atom is 0.322 e. The minimum atomic E-state index is -0.0989. The summed E-state index contributed by atoms with van der Waals surface area (Å²) in [6, 6.07) is 22.8. The monoisotopic (exact) mass is 600 g/mol. The molecule has 3 aromatic rings. The van der Waals surface area contributed by atoms with Crippen LogP contribution in [0.25, 0.3) is 0 Å². The molecule has 240 valence electrons. The van der Waals surface area contributed by atoms with Gasteiger partial charge in [-0.25, -0.2) is 4.79 Å². The number of ether oxygens (including phenoxy) is 2. The van der Waals surface area contributed by atoms with Gasteiger partial charge in [-0.05, 0) is 96.4 Å². The van der Waals surface area contributed by atoms with E-state index in [9.17, 15) is 4.79 Å². The fourth-order valence-corrected chi connectivity index (χ4v) is 5.07. The summed E-state index contributed by atoms with van der Waals surface area (Å²) in [5.74, 6) is 2.26. The second-order valence-corrected chi connectivity index (χ2v) is 13.4. The highest BCUT2D eigenvalue weighted by molar-refractivity contribution is 5.89. The molecule has 0 spiro atoms. The average molecular weight is 601 g/mol. The van der Waals surface area contributed by atoms with Crippen LogP contribution in [0.1, 0.15) is 116 Å². The molecule has 3 rings (SSSR count).